The molecule has 1 amide bonds. The highest BCUT2D eigenvalue weighted by Crippen LogP contribution is 1.86. The second-order valence-electron chi connectivity index (χ2n) is 1.13. The molecule has 1 rings (SSSR count). The van der Waals surface area contributed by atoms with Crippen LogP contribution in [0.3, 0.4) is 0 Å². The number of carbonyl (C=O) groups is 1. The molecule has 0 saturated heterocycles. The normalized spacial score (nSPS) is 16.5. The van der Waals surface area contributed by atoms with Crippen LogP contribution in [0.25, 0.3) is 0 Å². The lowest BCUT2D eigenvalue weighted by molar-refractivity contribution is -0.111. The third-order valence-electron chi connectivity index (χ3n) is 0.605. The predicted octanol–water partition coefficient (Wildman–Crippen LogP) is -0.127. The van der Waals surface area contributed by atoms with Gasteiger partial charge in [0.15, 0.2) is 5.84 Å². The average molecular weight is 125 g/mol. The minimum Gasteiger partial charge on any atom is -0.266 e. The van der Waals surface area contributed by atoms with Crippen molar-refractivity contribution < 1.29 is 4.79 Å². The van der Waals surface area contributed by atoms with Gasteiger partial charge >= 0.3 is 0 Å². The van der Waals surface area contributed by atoms with Gasteiger partial charge in [-0.25, -0.2) is 4.99 Å². The van der Waals surface area contributed by atoms with Gasteiger partial charge < -0.3 is 0 Å². The van der Waals surface area contributed by atoms with Crippen molar-refractivity contribution in [3.8, 4) is 0 Å². The average Bonchev–Trinajstić information content (AvgIpc) is 2.14. The lowest BCUT2D eigenvalue weighted by Crippen LogP contribution is -1.88. The maximum Gasteiger partial charge on any atom is 0.290 e. The van der Waals surface area contributed by atoms with E-state index in [0.717, 1.165) is 6.21 Å². The van der Waals surface area contributed by atoms with Crippen LogP contribution in [0, 0.1) is 0 Å². The van der Waals surface area contributed by atoms with Gasteiger partial charge in [-0.3, -0.25) is 4.79 Å². The lowest BCUT2D eigenvalue weighted by Gasteiger charge is -1.71. The molecule has 1 radical (unpaired) electrons. The second-order valence-corrected chi connectivity index (χ2v) is 1.34. The van der Waals surface area contributed by atoms with Crippen molar-refractivity contribution in [1.82, 2.24) is 0 Å². The monoisotopic (exact) mass is 125 g/mol. The first-order valence-corrected chi connectivity index (χ1v) is 2.28. The van der Waals surface area contributed by atoms with Gasteiger partial charge in [0.1, 0.15) is 5.37 Å². The van der Waals surface area contributed by atoms with E-state index in [0.29, 0.717) is 0 Å². The molecule has 8 heavy (non-hydrogen) atoms. The Morgan fingerprint density at radius 3 is 2.75 bits per heavy atom. The molecule has 4 heteroatoms. The summed E-state index contributed by atoms with van der Waals surface area (Å²) in [5, 5.41) is 2.21. The molecule has 0 atom stereocenters. The van der Waals surface area contributed by atoms with E-state index >= 15 is 0 Å². The van der Waals surface area contributed by atoms with Crippen molar-refractivity contribution in [3.05, 3.63) is 0 Å². The van der Waals surface area contributed by atoms with Crippen LogP contribution in [0.4, 0.5) is 0 Å². The van der Waals surface area contributed by atoms with Gasteiger partial charge in [0.05, 0.1) is 6.21 Å². The van der Waals surface area contributed by atoms with Crippen molar-refractivity contribution >= 4 is 35.5 Å². The summed E-state index contributed by atoms with van der Waals surface area (Å²) in [6.45, 7) is 0. The zero-order valence-electron chi connectivity index (χ0n) is 3.79. The summed E-state index contributed by atoms with van der Waals surface area (Å²) in [5.74, 6) is -0.164. The van der Waals surface area contributed by atoms with Crippen LogP contribution in [-0.2, 0) is 4.79 Å². The van der Waals surface area contributed by atoms with E-state index in [2.05, 4.69) is 27.6 Å². The summed E-state index contributed by atoms with van der Waals surface area (Å²) < 4.78 is 0. The molecule has 1 aliphatic rings. The molecule has 0 fully saturated rings. The minimum atomic E-state index is -0.364. The zero-order chi connectivity index (χ0) is 5.98. The maximum absolute atomic E-state index is 10.2. The molecule has 1 aliphatic heterocycles. The number of aliphatic imine (C=N–C) groups is 2. The van der Waals surface area contributed by atoms with E-state index in [9.17, 15) is 4.79 Å². The molecular formula is C4HN2OS. The molecule has 0 aromatic carbocycles. The number of carbonyl (C=O) groups excluding carboxylic acids is 1. The molecule has 0 aliphatic carbocycles. The Morgan fingerprint density at radius 2 is 2.50 bits per heavy atom. The van der Waals surface area contributed by atoms with Crippen molar-refractivity contribution in [2.75, 3.05) is 0 Å². The van der Waals surface area contributed by atoms with E-state index in [1.165, 1.54) is 0 Å². The summed E-state index contributed by atoms with van der Waals surface area (Å²) in [5.41, 5.74) is 0. The van der Waals surface area contributed by atoms with Crippen LogP contribution >= 0.6 is 12.2 Å². The van der Waals surface area contributed by atoms with Crippen LogP contribution in [0.5, 0.6) is 0 Å². The molecule has 0 saturated carbocycles. The fourth-order valence-electron chi connectivity index (χ4n) is 0.328. The molecule has 0 spiro atoms. The van der Waals surface area contributed by atoms with E-state index in [1.54, 1.807) is 0 Å². The highest BCUT2D eigenvalue weighted by Gasteiger charge is 2.03. The molecule has 0 aromatic rings. The topological polar surface area (TPSA) is 41.8 Å². The van der Waals surface area contributed by atoms with E-state index in [1.807, 2.05) is 0 Å². The number of hydrogen-bond donors (Lipinski definition) is 0. The van der Waals surface area contributed by atoms with Crippen LogP contribution in [0.1, 0.15) is 0 Å². The first-order valence-electron chi connectivity index (χ1n) is 1.88. The van der Waals surface area contributed by atoms with Gasteiger partial charge in [0, 0.05) is 0 Å². The van der Waals surface area contributed by atoms with Gasteiger partial charge in [-0.05, 0) is 0 Å². The standard InChI is InChI=1S/C4HN2OS/c7-4-1-5-3(2-8)6-4/h1H. The number of nitrogens with zero attached hydrogens (tertiary/aromatic N) is 2. The molecule has 0 unspecified atom stereocenters. The molecule has 0 bridgehead atoms. The van der Waals surface area contributed by atoms with E-state index in [4.69, 9.17) is 0 Å². The Kier molecular flexibility index (Phi) is 1.26. The highest BCUT2D eigenvalue weighted by molar-refractivity contribution is 7.80. The minimum absolute atomic E-state index is 0.199. The third kappa shape index (κ3) is 0.840. The van der Waals surface area contributed by atoms with Gasteiger partial charge in [-0.2, -0.15) is 4.99 Å². The molecule has 0 aromatic heterocycles. The van der Waals surface area contributed by atoms with Crippen LogP contribution in [0.15, 0.2) is 9.98 Å². The summed E-state index contributed by atoms with van der Waals surface area (Å²) in [7, 11) is 0. The van der Waals surface area contributed by atoms with Gasteiger partial charge in [-0.15, -0.1) is 0 Å². The Hall–Kier alpha value is -0.900. The number of hydrogen-bond acceptors (Lipinski definition) is 3. The van der Waals surface area contributed by atoms with Crippen LogP contribution in [0.2, 0.25) is 0 Å². The van der Waals surface area contributed by atoms with Crippen LogP contribution < -0.4 is 0 Å². The summed E-state index contributed by atoms with van der Waals surface area (Å²) in [6.07, 6.45) is 1.11. The number of rotatable bonds is 1. The predicted molar refractivity (Wildman–Crippen MR) is 33.5 cm³/mol. The second kappa shape index (κ2) is 1.92. The van der Waals surface area contributed by atoms with Gasteiger partial charge in [-0.1, -0.05) is 12.2 Å². The Morgan fingerprint density at radius 1 is 1.75 bits per heavy atom. The lowest BCUT2D eigenvalue weighted by atomic mass is 10.7. The van der Waals surface area contributed by atoms with Crippen molar-refractivity contribution in [2.45, 2.75) is 0 Å². The first kappa shape index (κ1) is 5.24. The summed E-state index contributed by atoms with van der Waals surface area (Å²) >= 11 is 4.32. The number of amides is 1. The Balaban J connectivity index is 2.87. The SMILES string of the molecule is O=C1C=NC([C]=S)=N1. The zero-order valence-corrected chi connectivity index (χ0v) is 4.60. The number of amidine groups is 1. The quantitative estimate of drug-likeness (QED) is 0.458. The molecular weight excluding hydrogens is 124 g/mol. The number of thiocarbonyl (C=S) groups is 1. The summed E-state index contributed by atoms with van der Waals surface area (Å²) in [6, 6.07) is 0. The fourth-order valence-corrected chi connectivity index (χ4v) is 0.426. The van der Waals surface area contributed by atoms with Crippen molar-refractivity contribution in [2.24, 2.45) is 9.98 Å². The molecule has 1 heterocycles. The summed E-state index contributed by atoms with van der Waals surface area (Å²) in [4.78, 5) is 17.0. The van der Waals surface area contributed by atoms with Gasteiger partial charge in [0.2, 0.25) is 0 Å². The molecule has 39 valence electrons. The van der Waals surface area contributed by atoms with Crippen LogP contribution in [-0.4, -0.2) is 23.3 Å². The highest BCUT2D eigenvalue weighted by atomic mass is 32.1. The van der Waals surface area contributed by atoms with Gasteiger partial charge in [0.25, 0.3) is 5.91 Å². The Labute approximate surface area is 51.1 Å². The fraction of sp³-hybridized carbons (Fsp3) is 0. The molecule has 3 nitrogen and oxygen atoms in total. The smallest absolute Gasteiger partial charge is 0.266 e. The maximum atomic E-state index is 10.2. The Bertz CT molecular complexity index is 194. The third-order valence-corrected chi connectivity index (χ3v) is 0.787. The largest absolute Gasteiger partial charge is 0.290 e. The molecule has 0 N–H and O–H groups in total. The van der Waals surface area contributed by atoms with E-state index < -0.39 is 0 Å². The van der Waals surface area contributed by atoms with E-state index in [-0.39, 0.29) is 11.7 Å². The first-order chi connectivity index (χ1) is 3.83. The van der Waals surface area contributed by atoms with Crippen molar-refractivity contribution in [3.63, 3.8) is 0 Å². The van der Waals surface area contributed by atoms with Crippen molar-refractivity contribution in [1.29, 1.82) is 0 Å².